The van der Waals surface area contributed by atoms with Crippen LogP contribution >= 0.6 is 23.2 Å². The van der Waals surface area contributed by atoms with Gasteiger partial charge in [0.15, 0.2) is 0 Å². The zero-order chi connectivity index (χ0) is 17.3. The number of hydrogen-bond acceptors (Lipinski definition) is 3. The Balaban J connectivity index is 2.32. The third kappa shape index (κ3) is 2.92. The van der Waals surface area contributed by atoms with Crippen molar-refractivity contribution in [1.82, 2.24) is 9.78 Å². The summed E-state index contributed by atoms with van der Waals surface area (Å²) in [6, 6.07) is 15.8. The molecule has 0 aliphatic heterocycles. The molecule has 24 heavy (non-hydrogen) atoms. The van der Waals surface area contributed by atoms with Gasteiger partial charge in [-0.2, -0.15) is 15.0 Å². The zero-order valence-electron chi connectivity index (χ0n) is 12.6. The Morgan fingerprint density at radius 3 is 2.42 bits per heavy atom. The molecule has 1 aromatic heterocycles. The number of aromatic nitrogens is 2. The standard InChI is InChI=1S/C18H11Cl2N3O/c1-11-16(10-21)18(24)23(15-4-2-3-14(20)9-15)22-17(11)12-5-7-13(19)8-6-12/h2-9H,1H3. The van der Waals surface area contributed by atoms with Crippen LogP contribution in [0.3, 0.4) is 0 Å². The van der Waals surface area contributed by atoms with Crippen molar-refractivity contribution in [2.24, 2.45) is 0 Å². The fourth-order valence-corrected chi connectivity index (χ4v) is 2.71. The number of rotatable bonds is 2. The van der Waals surface area contributed by atoms with E-state index in [4.69, 9.17) is 23.2 Å². The van der Waals surface area contributed by atoms with Crippen LogP contribution < -0.4 is 5.56 Å². The van der Waals surface area contributed by atoms with Crippen molar-refractivity contribution in [2.75, 3.05) is 0 Å². The predicted octanol–water partition coefficient (Wildman–Crippen LogP) is 4.39. The highest BCUT2D eigenvalue weighted by molar-refractivity contribution is 6.31. The Kier molecular flexibility index (Phi) is 4.39. The molecule has 0 aliphatic carbocycles. The van der Waals surface area contributed by atoms with Crippen LogP contribution in [0, 0.1) is 18.3 Å². The largest absolute Gasteiger partial charge is 0.289 e. The van der Waals surface area contributed by atoms with E-state index >= 15 is 0 Å². The lowest BCUT2D eigenvalue weighted by atomic mass is 10.0. The summed E-state index contributed by atoms with van der Waals surface area (Å²) in [5.74, 6) is 0. The van der Waals surface area contributed by atoms with E-state index in [1.165, 1.54) is 4.68 Å². The molecule has 0 spiro atoms. The van der Waals surface area contributed by atoms with Crippen LogP contribution in [0.5, 0.6) is 0 Å². The van der Waals surface area contributed by atoms with E-state index in [-0.39, 0.29) is 5.56 Å². The Morgan fingerprint density at radius 2 is 1.79 bits per heavy atom. The van der Waals surface area contributed by atoms with Gasteiger partial charge in [0.25, 0.3) is 5.56 Å². The average Bonchev–Trinajstić information content (AvgIpc) is 2.56. The molecule has 0 aliphatic rings. The lowest BCUT2D eigenvalue weighted by Crippen LogP contribution is -2.25. The van der Waals surface area contributed by atoms with E-state index < -0.39 is 5.56 Å². The first-order valence-corrected chi connectivity index (χ1v) is 7.83. The van der Waals surface area contributed by atoms with Crippen molar-refractivity contribution in [3.63, 3.8) is 0 Å². The van der Waals surface area contributed by atoms with Crippen LogP contribution in [0.25, 0.3) is 16.9 Å². The third-order valence-corrected chi connectivity index (χ3v) is 4.11. The van der Waals surface area contributed by atoms with Crippen LogP contribution in [-0.4, -0.2) is 9.78 Å². The molecular formula is C18H11Cl2N3O. The van der Waals surface area contributed by atoms with Crippen molar-refractivity contribution in [2.45, 2.75) is 6.92 Å². The average molecular weight is 356 g/mol. The maximum atomic E-state index is 12.6. The molecule has 118 valence electrons. The van der Waals surface area contributed by atoms with E-state index in [0.717, 1.165) is 5.56 Å². The van der Waals surface area contributed by atoms with E-state index in [1.54, 1.807) is 55.5 Å². The van der Waals surface area contributed by atoms with E-state index in [9.17, 15) is 10.1 Å². The number of nitrogens with zero attached hydrogens (tertiary/aromatic N) is 3. The summed E-state index contributed by atoms with van der Waals surface area (Å²) < 4.78 is 1.20. The van der Waals surface area contributed by atoms with Crippen molar-refractivity contribution in [3.05, 3.63) is 80.1 Å². The lowest BCUT2D eigenvalue weighted by molar-refractivity contribution is 0.802. The first-order valence-electron chi connectivity index (χ1n) is 7.07. The van der Waals surface area contributed by atoms with Gasteiger partial charge in [-0.05, 0) is 37.3 Å². The molecule has 0 N–H and O–H groups in total. The van der Waals surface area contributed by atoms with Crippen molar-refractivity contribution in [1.29, 1.82) is 5.26 Å². The van der Waals surface area contributed by atoms with Gasteiger partial charge in [-0.3, -0.25) is 4.79 Å². The van der Waals surface area contributed by atoms with E-state index in [1.807, 2.05) is 6.07 Å². The molecule has 2 aromatic carbocycles. The molecule has 0 unspecified atom stereocenters. The topological polar surface area (TPSA) is 58.7 Å². The Hall–Kier alpha value is -2.61. The summed E-state index contributed by atoms with van der Waals surface area (Å²) in [5, 5.41) is 14.9. The van der Waals surface area contributed by atoms with Crippen LogP contribution in [0.1, 0.15) is 11.1 Å². The van der Waals surface area contributed by atoms with Gasteiger partial charge < -0.3 is 0 Å². The number of hydrogen-bond donors (Lipinski definition) is 0. The molecule has 0 saturated heterocycles. The normalized spacial score (nSPS) is 10.4. The SMILES string of the molecule is Cc1c(-c2ccc(Cl)cc2)nn(-c2cccc(Cl)c2)c(=O)c1C#N. The molecule has 0 fully saturated rings. The van der Waals surface area contributed by atoms with Crippen LogP contribution in [0.15, 0.2) is 53.3 Å². The molecule has 0 radical (unpaired) electrons. The Bertz CT molecular complexity index is 1020. The molecule has 3 rings (SSSR count). The van der Waals surface area contributed by atoms with Gasteiger partial charge >= 0.3 is 0 Å². The summed E-state index contributed by atoms with van der Waals surface area (Å²) in [7, 11) is 0. The minimum absolute atomic E-state index is 0.0509. The number of benzene rings is 2. The number of nitriles is 1. The fraction of sp³-hybridized carbons (Fsp3) is 0.0556. The molecule has 6 heteroatoms. The van der Waals surface area contributed by atoms with Crippen molar-refractivity contribution >= 4 is 23.2 Å². The second kappa shape index (κ2) is 6.48. The maximum Gasteiger partial charge on any atom is 0.289 e. The summed E-state index contributed by atoms with van der Waals surface area (Å²) in [4.78, 5) is 12.6. The van der Waals surface area contributed by atoms with Crippen LogP contribution in [0.4, 0.5) is 0 Å². The lowest BCUT2D eigenvalue weighted by Gasteiger charge is -2.12. The molecule has 0 atom stereocenters. The Morgan fingerprint density at radius 1 is 1.08 bits per heavy atom. The molecule has 1 heterocycles. The summed E-state index contributed by atoms with van der Waals surface area (Å²) in [6.07, 6.45) is 0. The van der Waals surface area contributed by atoms with E-state index in [2.05, 4.69) is 5.10 Å². The van der Waals surface area contributed by atoms with Gasteiger partial charge in [0.2, 0.25) is 0 Å². The van der Waals surface area contributed by atoms with Crippen molar-refractivity contribution < 1.29 is 0 Å². The van der Waals surface area contributed by atoms with Gasteiger partial charge in [0.05, 0.1) is 11.4 Å². The molecule has 0 amide bonds. The van der Waals surface area contributed by atoms with Crippen molar-refractivity contribution in [3.8, 4) is 23.0 Å². The highest BCUT2D eigenvalue weighted by Gasteiger charge is 2.16. The fourth-order valence-electron chi connectivity index (χ4n) is 2.40. The molecule has 0 saturated carbocycles. The molecular weight excluding hydrogens is 345 g/mol. The van der Waals surface area contributed by atoms with Gasteiger partial charge in [0.1, 0.15) is 11.6 Å². The summed E-state index contributed by atoms with van der Waals surface area (Å²) in [5.41, 5.74) is 1.92. The zero-order valence-corrected chi connectivity index (χ0v) is 14.1. The maximum absolute atomic E-state index is 12.6. The highest BCUT2D eigenvalue weighted by Crippen LogP contribution is 2.24. The second-order valence-electron chi connectivity index (χ2n) is 5.16. The highest BCUT2D eigenvalue weighted by atomic mass is 35.5. The van der Waals surface area contributed by atoms with Gasteiger partial charge in [0, 0.05) is 21.2 Å². The summed E-state index contributed by atoms with van der Waals surface area (Å²) in [6.45, 7) is 1.71. The monoisotopic (exact) mass is 355 g/mol. The van der Waals surface area contributed by atoms with Gasteiger partial charge in [-0.25, -0.2) is 0 Å². The van der Waals surface area contributed by atoms with Gasteiger partial charge in [-0.15, -0.1) is 0 Å². The minimum Gasteiger partial charge on any atom is -0.266 e. The predicted molar refractivity (Wildman–Crippen MR) is 94.7 cm³/mol. The minimum atomic E-state index is -0.477. The molecule has 0 bridgehead atoms. The quantitative estimate of drug-likeness (QED) is 0.684. The number of halogens is 2. The van der Waals surface area contributed by atoms with Crippen LogP contribution in [0.2, 0.25) is 10.0 Å². The van der Waals surface area contributed by atoms with Gasteiger partial charge in [-0.1, -0.05) is 41.4 Å². The molecule has 4 nitrogen and oxygen atoms in total. The second-order valence-corrected chi connectivity index (χ2v) is 6.04. The first-order chi connectivity index (χ1) is 11.5. The summed E-state index contributed by atoms with van der Waals surface area (Å²) >= 11 is 11.9. The Labute approximate surface area is 148 Å². The first kappa shape index (κ1) is 16.3. The smallest absolute Gasteiger partial charge is 0.266 e. The van der Waals surface area contributed by atoms with Crippen LogP contribution in [-0.2, 0) is 0 Å². The third-order valence-electron chi connectivity index (χ3n) is 3.62. The molecule has 3 aromatic rings. The van der Waals surface area contributed by atoms with E-state index in [0.29, 0.717) is 27.0 Å².